The molecule has 0 aliphatic carbocycles. The Bertz CT molecular complexity index is 882. The number of nitrogens with one attached hydrogen (secondary N) is 1. The molecule has 3 aromatic rings. The number of H-pyrrole nitrogens is 1. The van der Waals surface area contributed by atoms with Crippen LogP contribution in [0.4, 0.5) is 4.39 Å². The Morgan fingerprint density at radius 3 is 3.04 bits per heavy atom. The van der Waals surface area contributed by atoms with Crippen molar-refractivity contribution in [2.24, 2.45) is 7.05 Å². The Morgan fingerprint density at radius 1 is 1.39 bits per heavy atom. The van der Waals surface area contributed by atoms with E-state index in [1.54, 1.807) is 6.07 Å². The monoisotopic (exact) mass is 312 g/mol. The number of rotatable bonds is 2. The van der Waals surface area contributed by atoms with E-state index in [0.717, 1.165) is 24.2 Å². The average molecular weight is 312 g/mol. The third-order valence-corrected chi connectivity index (χ3v) is 4.45. The van der Waals surface area contributed by atoms with Crippen LogP contribution in [0.5, 0.6) is 0 Å². The molecule has 0 radical (unpaired) electrons. The van der Waals surface area contributed by atoms with Crippen molar-refractivity contribution in [2.75, 3.05) is 6.54 Å². The number of carbonyl (C=O) groups excluding carboxylic acids is 1. The lowest BCUT2D eigenvalue weighted by atomic mass is 10.2. The van der Waals surface area contributed by atoms with Crippen LogP contribution in [-0.4, -0.2) is 31.9 Å². The number of fused-ring (bicyclic) bond motifs is 1. The number of hydrogen-bond acceptors (Lipinski definition) is 2. The zero-order chi connectivity index (χ0) is 16.0. The molecule has 4 rings (SSSR count). The number of carbonyl (C=O) groups is 1. The van der Waals surface area contributed by atoms with Gasteiger partial charge in [0.05, 0.1) is 17.1 Å². The third kappa shape index (κ3) is 2.30. The fraction of sp³-hybridized carbons (Fsp3) is 0.294. The Balaban J connectivity index is 1.69. The largest absolute Gasteiger partial charge is 0.347 e. The van der Waals surface area contributed by atoms with Crippen molar-refractivity contribution in [3.63, 3.8) is 0 Å². The summed E-state index contributed by atoms with van der Waals surface area (Å²) >= 11 is 0. The SMILES string of the molecule is Cn1cccc1C(=O)N1CCC[C@@H]1c1nc2ccc(F)cc2[nH]1. The van der Waals surface area contributed by atoms with Crippen molar-refractivity contribution < 1.29 is 9.18 Å². The number of likely N-dealkylation sites (tertiary alicyclic amines) is 1. The van der Waals surface area contributed by atoms with Gasteiger partial charge in [-0.2, -0.15) is 0 Å². The van der Waals surface area contributed by atoms with Crippen LogP contribution < -0.4 is 0 Å². The molecule has 1 amide bonds. The summed E-state index contributed by atoms with van der Waals surface area (Å²) in [6, 6.07) is 8.09. The van der Waals surface area contributed by atoms with Gasteiger partial charge >= 0.3 is 0 Å². The minimum Gasteiger partial charge on any atom is -0.347 e. The second-order valence-electron chi connectivity index (χ2n) is 5.94. The molecule has 0 unspecified atom stereocenters. The van der Waals surface area contributed by atoms with Crippen molar-refractivity contribution in [1.29, 1.82) is 0 Å². The van der Waals surface area contributed by atoms with Gasteiger partial charge in [-0.3, -0.25) is 4.79 Å². The Kier molecular flexibility index (Phi) is 3.18. The number of hydrogen-bond donors (Lipinski definition) is 1. The van der Waals surface area contributed by atoms with E-state index < -0.39 is 0 Å². The topological polar surface area (TPSA) is 53.9 Å². The van der Waals surface area contributed by atoms with Crippen LogP contribution in [-0.2, 0) is 7.05 Å². The first-order chi connectivity index (χ1) is 11.1. The van der Waals surface area contributed by atoms with E-state index in [9.17, 15) is 9.18 Å². The van der Waals surface area contributed by atoms with E-state index in [4.69, 9.17) is 0 Å². The van der Waals surface area contributed by atoms with Gasteiger partial charge in [0.15, 0.2) is 0 Å². The minimum absolute atomic E-state index is 0.00615. The molecule has 0 bridgehead atoms. The summed E-state index contributed by atoms with van der Waals surface area (Å²) in [7, 11) is 1.86. The van der Waals surface area contributed by atoms with Crippen molar-refractivity contribution in [2.45, 2.75) is 18.9 Å². The molecule has 5 nitrogen and oxygen atoms in total. The van der Waals surface area contributed by atoms with E-state index in [0.29, 0.717) is 17.8 Å². The number of aromatic nitrogens is 3. The van der Waals surface area contributed by atoms with Crippen LogP contribution >= 0.6 is 0 Å². The minimum atomic E-state index is -0.295. The zero-order valence-corrected chi connectivity index (χ0v) is 12.8. The summed E-state index contributed by atoms with van der Waals surface area (Å²) in [4.78, 5) is 22.4. The molecule has 23 heavy (non-hydrogen) atoms. The van der Waals surface area contributed by atoms with Gasteiger partial charge in [-0.25, -0.2) is 9.37 Å². The molecule has 1 fully saturated rings. The van der Waals surface area contributed by atoms with Gasteiger partial charge in [0.1, 0.15) is 17.3 Å². The number of halogens is 1. The highest BCUT2D eigenvalue weighted by molar-refractivity contribution is 5.93. The molecule has 0 saturated carbocycles. The smallest absolute Gasteiger partial charge is 0.271 e. The maximum atomic E-state index is 13.3. The van der Waals surface area contributed by atoms with Gasteiger partial charge in [-0.05, 0) is 43.2 Å². The molecular weight excluding hydrogens is 295 g/mol. The fourth-order valence-corrected chi connectivity index (χ4v) is 3.28. The lowest BCUT2D eigenvalue weighted by Gasteiger charge is -2.23. The van der Waals surface area contributed by atoms with E-state index in [1.165, 1.54) is 12.1 Å². The van der Waals surface area contributed by atoms with Gasteiger partial charge in [-0.15, -0.1) is 0 Å². The van der Waals surface area contributed by atoms with Crippen LogP contribution in [0, 0.1) is 5.82 Å². The molecule has 1 saturated heterocycles. The highest BCUT2D eigenvalue weighted by Crippen LogP contribution is 2.32. The van der Waals surface area contributed by atoms with Gasteiger partial charge in [0, 0.05) is 19.8 Å². The molecule has 3 heterocycles. The molecule has 2 aromatic heterocycles. The van der Waals surface area contributed by atoms with Crippen LogP contribution in [0.15, 0.2) is 36.5 Å². The lowest BCUT2D eigenvalue weighted by molar-refractivity contribution is 0.0721. The second-order valence-corrected chi connectivity index (χ2v) is 5.94. The summed E-state index contributed by atoms with van der Waals surface area (Å²) in [5.74, 6) is 0.438. The van der Waals surface area contributed by atoms with Gasteiger partial charge in [0.25, 0.3) is 5.91 Å². The number of benzene rings is 1. The average Bonchev–Trinajstić information content (AvgIpc) is 3.23. The van der Waals surface area contributed by atoms with E-state index >= 15 is 0 Å². The molecule has 6 heteroatoms. The quantitative estimate of drug-likeness (QED) is 0.791. The number of imidazole rings is 1. The van der Waals surface area contributed by atoms with Crippen LogP contribution in [0.3, 0.4) is 0 Å². The van der Waals surface area contributed by atoms with E-state index in [1.807, 2.05) is 34.8 Å². The predicted molar refractivity (Wildman–Crippen MR) is 84.5 cm³/mol. The van der Waals surface area contributed by atoms with E-state index in [-0.39, 0.29) is 17.8 Å². The summed E-state index contributed by atoms with van der Waals surface area (Å²) in [5, 5.41) is 0. The predicted octanol–water partition coefficient (Wildman–Crippen LogP) is 3.02. The Morgan fingerprint density at radius 2 is 2.26 bits per heavy atom. The Hall–Kier alpha value is -2.63. The lowest BCUT2D eigenvalue weighted by Crippen LogP contribution is -2.32. The summed E-state index contributed by atoms with van der Waals surface area (Å²) in [6.45, 7) is 0.708. The number of aromatic amines is 1. The summed E-state index contributed by atoms with van der Waals surface area (Å²) in [6.07, 6.45) is 3.66. The second kappa shape index (κ2) is 5.22. The van der Waals surface area contributed by atoms with Crippen molar-refractivity contribution in [1.82, 2.24) is 19.4 Å². The van der Waals surface area contributed by atoms with Gasteiger partial charge < -0.3 is 14.5 Å². The highest BCUT2D eigenvalue weighted by atomic mass is 19.1. The third-order valence-electron chi connectivity index (χ3n) is 4.45. The van der Waals surface area contributed by atoms with Crippen molar-refractivity contribution in [3.05, 3.63) is 53.9 Å². The zero-order valence-electron chi connectivity index (χ0n) is 12.8. The highest BCUT2D eigenvalue weighted by Gasteiger charge is 2.33. The summed E-state index contributed by atoms with van der Waals surface area (Å²) in [5.41, 5.74) is 2.05. The normalized spacial score (nSPS) is 18.0. The van der Waals surface area contributed by atoms with Crippen LogP contribution in [0.2, 0.25) is 0 Å². The number of amides is 1. The first-order valence-corrected chi connectivity index (χ1v) is 7.71. The Labute approximate surface area is 132 Å². The van der Waals surface area contributed by atoms with Gasteiger partial charge in [-0.1, -0.05) is 0 Å². The molecule has 1 N–H and O–H groups in total. The fourth-order valence-electron chi connectivity index (χ4n) is 3.28. The van der Waals surface area contributed by atoms with Crippen molar-refractivity contribution >= 4 is 16.9 Å². The molecule has 1 atom stereocenters. The molecule has 118 valence electrons. The number of aryl methyl sites for hydroxylation is 1. The maximum absolute atomic E-state index is 13.3. The first kappa shape index (κ1) is 14.0. The number of nitrogens with zero attached hydrogens (tertiary/aromatic N) is 3. The van der Waals surface area contributed by atoms with E-state index in [2.05, 4.69) is 9.97 Å². The molecule has 1 aliphatic rings. The molecule has 0 spiro atoms. The van der Waals surface area contributed by atoms with Crippen LogP contribution in [0.25, 0.3) is 11.0 Å². The van der Waals surface area contributed by atoms with Crippen molar-refractivity contribution in [3.8, 4) is 0 Å². The molecule has 1 aliphatic heterocycles. The maximum Gasteiger partial charge on any atom is 0.271 e. The van der Waals surface area contributed by atoms with Crippen LogP contribution in [0.1, 0.15) is 35.2 Å². The standard InChI is InChI=1S/C17H17FN4O/c1-21-8-2-5-15(21)17(23)22-9-3-4-14(22)16-19-12-7-6-11(18)10-13(12)20-16/h2,5-8,10,14H,3-4,9H2,1H3,(H,19,20)/t14-/m1/s1. The molecular formula is C17H17FN4O. The summed E-state index contributed by atoms with van der Waals surface area (Å²) < 4.78 is 15.2. The molecule has 1 aromatic carbocycles. The van der Waals surface area contributed by atoms with Gasteiger partial charge in [0.2, 0.25) is 0 Å². The first-order valence-electron chi connectivity index (χ1n) is 7.71.